The molecule has 0 aliphatic carbocycles. The molecule has 5 heteroatoms. The third kappa shape index (κ3) is 4.04. The van der Waals surface area contributed by atoms with E-state index in [1.165, 1.54) is 0 Å². The second-order valence-electron chi connectivity index (χ2n) is 4.42. The van der Waals surface area contributed by atoms with Crippen molar-refractivity contribution in [2.24, 2.45) is 5.92 Å². The number of nitrogens with zero attached hydrogens (tertiary/aromatic N) is 1. The van der Waals surface area contributed by atoms with Gasteiger partial charge in [0.05, 0.1) is 10.9 Å². The molecule has 1 atom stereocenters. The summed E-state index contributed by atoms with van der Waals surface area (Å²) in [5.74, 6) is -1.23. The highest BCUT2D eigenvalue weighted by Crippen LogP contribution is 2.21. The van der Waals surface area contributed by atoms with Crippen molar-refractivity contribution >= 4 is 28.9 Å². The number of aryl methyl sites for hydroxylation is 1. The van der Waals surface area contributed by atoms with Gasteiger partial charge in [-0.2, -0.15) is 0 Å². The molecule has 100 valence electrons. The average molecular weight is 296 g/mol. The van der Waals surface area contributed by atoms with Crippen LogP contribution in [0.3, 0.4) is 0 Å². The lowest BCUT2D eigenvalue weighted by molar-refractivity contribution is -0.141. The van der Waals surface area contributed by atoms with Gasteiger partial charge in [-0.1, -0.05) is 23.7 Å². The number of aromatic nitrogens is 1. The van der Waals surface area contributed by atoms with Crippen LogP contribution in [0.5, 0.6) is 0 Å². The molecule has 1 aromatic carbocycles. The van der Waals surface area contributed by atoms with E-state index >= 15 is 0 Å². The Labute approximate surface area is 120 Å². The Morgan fingerprint density at radius 3 is 2.84 bits per heavy atom. The van der Waals surface area contributed by atoms with E-state index in [2.05, 4.69) is 4.98 Å². The third-order valence-corrected chi connectivity index (χ3v) is 4.01. The Hall–Kier alpha value is -1.39. The first kappa shape index (κ1) is 14.0. The fraction of sp³-hybridized carbons (Fsp3) is 0.286. The molecule has 2 rings (SSSR count). The maximum absolute atomic E-state index is 11.4. The van der Waals surface area contributed by atoms with Crippen LogP contribution in [0.1, 0.15) is 15.4 Å². The first-order valence-electron chi connectivity index (χ1n) is 5.93. The predicted octanol–water partition coefficient (Wildman–Crippen LogP) is 3.59. The molecule has 1 unspecified atom stereocenters. The number of thiazole rings is 1. The normalized spacial score (nSPS) is 12.3. The summed E-state index contributed by atoms with van der Waals surface area (Å²) >= 11 is 7.46. The maximum Gasteiger partial charge on any atom is 0.307 e. The molecular weight excluding hydrogens is 282 g/mol. The highest BCUT2D eigenvalue weighted by molar-refractivity contribution is 7.11. The molecule has 0 bridgehead atoms. The molecule has 0 saturated heterocycles. The van der Waals surface area contributed by atoms with Crippen LogP contribution in [0, 0.1) is 12.8 Å². The SMILES string of the molecule is Cc1ncc(CC(Cc2cccc(Cl)c2)C(=O)O)s1. The minimum Gasteiger partial charge on any atom is -0.481 e. The molecule has 2 aromatic rings. The van der Waals surface area contributed by atoms with Crippen LogP contribution in [0.4, 0.5) is 0 Å². The summed E-state index contributed by atoms with van der Waals surface area (Å²) in [6.07, 6.45) is 2.74. The highest BCUT2D eigenvalue weighted by Gasteiger charge is 2.19. The quantitative estimate of drug-likeness (QED) is 0.917. The minimum absolute atomic E-state index is 0.446. The van der Waals surface area contributed by atoms with Crippen molar-refractivity contribution in [3.63, 3.8) is 0 Å². The van der Waals surface area contributed by atoms with Crippen LogP contribution in [0.25, 0.3) is 0 Å². The second-order valence-corrected chi connectivity index (χ2v) is 6.17. The monoisotopic (exact) mass is 295 g/mol. The van der Waals surface area contributed by atoms with Crippen molar-refractivity contribution in [3.8, 4) is 0 Å². The van der Waals surface area contributed by atoms with Gasteiger partial charge >= 0.3 is 5.97 Å². The fourth-order valence-corrected chi connectivity index (χ4v) is 3.03. The summed E-state index contributed by atoms with van der Waals surface area (Å²) in [4.78, 5) is 16.5. The Morgan fingerprint density at radius 2 is 2.26 bits per heavy atom. The summed E-state index contributed by atoms with van der Waals surface area (Å²) in [5, 5.41) is 10.9. The first-order chi connectivity index (χ1) is 9.04. The fourth-order valence-electron chi connectivity index (χ4n) is 1.94. The van der Waals surface area contributed by atoms with Crippen molar-refractivity contribution in [3.05, 3.63) is 50.9 Å². The number of halogens is 1. The van der Waals surface area contributed by atoms with E-state index in [-0.39, 0.29) is 0 Å². The molecule has 0 spiro atoms. The van der Waals surface area contributed by atoms with Gasteiger partial charge in [-0.05, 0) is 37.5 Å². The summed E-state index contributed by atoms with van der Waals surface area (Å²) in [6, 6.07) is 7.34. The summed E-state index contributed by atoms with van der Waals surface area (Å²) in [7, 11) is 0. The zero-order valence-electron chi connectivity index (χ0n) is 10.5. The Kier molecular flexibility index (Phi) is 4.56. The Bertz CT molecular complexity index is 582. The number of carboxylic acids is 1. The lowest BCUT2D eigenvalue weighted by Crippen LogP contribution is -2.18. The van der Waals surface area contributed by atoms with Gasteiger partial charge in [-0.3, -0.25) is 4.79 Å². The van der Waals surface area contributed by atoms with Crippen molar-refractivity contribution in [1.82, 2.24) is 4.98 Å². The van der Waals surface area contributed by atoms with Crippen molar-refractivity contribution in [2.75, 3.05) is 0 Å². The molecule has 3 nitrogen and oxygen atoms in total. The van der Waals surface area contributed by atoms with Crippen LogP contribution in [0.2, 0.25) is 5.02 Å². The van der Waals surface area contributed by atoms with Crippen LogP contribution in [-0.4, -0.2) is 16.1 Å². The standard InChI is InChI=1S/C14H14ClNO2S/c1-9-16-8-13(19-9)7-11(14(17)18)5-10-3-2-4-12(15)6-10/h2-4,6,8,11H,5,7H2,1H3,(H,17,18). The molecule has 0 amide bonds. The molecule has 0 fully saturated rings. The average Bonchev–Trinajstić information content (AvgIpc) is 2.74. The molecule has 1 aromatic heterocycles. The minimum atomic E-state index is -0.786. The second kappa shape index (κ2) is 6.17. The smallest absolute Gasteiger partial charge is 0.307 e. The third-order valence-electron chi connectivity index (χ3n) is 2.84. The molecule has 0 aliphatic rings. The summed E-state index contributed by atoms with van der Waals surface area (Å²) in [6.45, 7) is 1.92. The van der Waals surface area contributed by atoms with Crippen molar-refractivity contribution in [2.45, 2.75) is 19.8 Å². The van der Waals surface area contributed by atoms with Crippen LogP contribution >= 0.6 is 22.9 Å². The number of rotatable bonds is 5. The van der Waals surface area contributed by atoms with Crippen LogP contribution < -0.4 is 0 Å². The van der Waals surface area contributed by atoms with Crippen LogP contribution in [-0.2, 0) is 17.6 Å². The van der Waals surface area contributed by atoms with E-state index in [0.29, 0.717) is 17.9 Å². The Morgan fingerprint density at radius 1 is 1.47 bits per heavy atom. The number of aliphatic carboxylic acids is 1. The number of hydrogen-bond donors (Lipinski definition) is 1. The van der Waals surface area contributed by atoms with E-state index in [1.807, 2.05) is 25.1 Å². The summed E-state index contributed by atoms with van der Waals surface area (Å²) in [5.41, 5.74) is 0.945. The molecular formula is C14H14ClNO2S. The van der Waals surface area contributed by atoms with Gasteiger partial charge in [0, 0.05) is 16.1 Å². The zero-order chi connectivity index (χ0) is 13.8. The van der Waals surface area contributed by atoms with E-state index in [4.69, 9.17) is 11.6 Å². The summed E-state index contributed by atoms with van der Waals surface area (Å²) < 4.78 is 0. The van der Waals surface area contributed by atoms with Crippen molar-refractivity contribution < 1.29 is 9.90 Å². The highest BCUT2D eigenvalue weighted by atomic mass is 35.5. The maximum atomic E-state index is 11.4. The van der Waals surface area contributed by atoms with E-state index in [1.54, 1.807) is 23.6 Å². The van der Waals surface area contributed by atoms with E-state index < -0.39 is 11.9 Å². The predicted molar refractivity (Wildman–Crippen MR) is 76.8 cm³/mol. The Balaban J connectivity index is 2.10. The van der Waals surface area contributed by atoms with Gasteiger partial charge in [0.15, 0.2) is 0 Å². The number of carboxylic acid groups (broad SMARTS) is 1. The van der Waals surface area contributed by atoms with Gasteiger partial charge in [0.25, 0.3) is 0 Å². The molecule has 0 saturated carbocycles. The van der Waals surface area contributed by atoms with Gasteiger partial charge in [-0.15, -0.1) is 11.3 Å². The van der Waals surface area contributed by atoms with Gasteiger partial charge in [0.1, 0.15) is 0 Å². The number of hydrogen-bond acceptors (Lipinski definition) is 3. The molecule has 0 aliphatic heterocycles. The number of benzene rings is 1. The molecule has 19 heavy (non-hydrogen) atoms. The molecule has 1 heterocycles. The first-order valence-corrected chi connectivity index (χ1v) is 7.12. The van der Waals surface area contributed by atoms with Gasteiger partial charge < -0.3 is 5.11 Å². The van der Waals surface area contributed by atoms with E-state index in [0.717, 1.165) is 15.4 Å². The lowest BCUT2D eigenvalue weighted by Gasteiger charge is -2.11. The topological polar surface area (TPSA) is 50.2 Å². The zero-order valence-corrected chi connectivity index (χ0v) is 12.0. The number of carbonyl (C=O) groups is 1. The van der Waals surface area contributed by atoms with Crippen LogP contribution in [0.15, 0.2) is 30.5 Å². The van der Waals surface area contributed by atoms with Gasteiger partial charge in [-0.25, -0.2) is 4.98 Å². The van der Waals surface area contributed by atoms with Crippen molar-refractivity contribution in [1.29, 1.82) is 0 Å². The van der Waals surface area contributed by atoms with Gasteiger partial charge in [0.2, 0.25) is 0 Å². The largest absolute Gasteiger partial charge is 0.481 e. The molecule has 1 N–H and O–H groups in total. The van der Waals surface area contributed by atoms with E-state index in [9.17, 15) is 9.90 Å². The molecule has 0 radical (unpaired) electrons. The lowest BCUT2D eigenvalue weighted by atomic mass is 9.96.